The summed E-state index contributed by atoms with van der Waals surface area (Å²) in [6.07, 6.45) is 29.2. The molecule has 0 aromatic rings. The highest BCUT2D eigenvalue weighted by molar-refractivity contribution is 5.78. The van der Waals surface area contributed by atoms with E-state index in [0.29, 0.717) is 57.9 Å². The molecule has 376 valence electrons. The summed E-state index contributed by atoms with van der Waals surface area (Å²) in [7, 11) is 3.68. The van der Waals surface area contributed by atoms with Gasteiger partial charge in [0, 0.05) is 32.2 Å². The summed E-state index contributed by atoms with van der Waals surface area (Å²) >= 11 is 0. The third-order valence-electron chi connectivity index (χ3n) is 11.5. The number of carbonyl (C=O) groups is 5. The average molecular weight is 912 g/mol. The Balaban J connectivity index is 4.73. The summed E-state index contributed by atoms with van der Waals surface area (Å²) in [5.74, 6) is -1.62. The van der Waals surface area contributed by atoms with Gasteiger partial charge in [0.2, 0.25) is 6.10 Å². The van der Waals surface area contributed by atoms with Crippen LogP contribution < -0.4 is 0 Å². The van der Waals surface area contributed by atoms with Crippen molar-refractivity contribution < 1.29 is 52.4 Å². The number of rotatable bonds is 46. The van der Waals surface area contributed by atoms with Crippen molar-refractivity contribution >= 4 is 30.0 Å². The molecule has 0 bridgehead atoms. The van der Waals surface area contributed by atoms with E-state index in [2.05, 4.69) is 27.7 Å². The molecule has 0 fully saturated rings. The van der Waals surface area contributed by atoms with Gasteiger partial charge in [-0.15, -0.1) is 0 Å². The Morgan fingerprint density at radius 1 is 0.375 bits per heavy atom. The zero-order valence-corrected chi connectivity index (χ0v) is 42.0. The Labute approximate surface area is 391 Å². The second-order valence-electron chi connectivity index (χ2n) is 18.1. The molecule has 0 saturated carbocycles. The SMILES string of the molecule is CCCCCCCCC(CCCCCC)OC(=O)CCCCCOC(=O)CCC(OC(=O)OCCN(C)C)C(=O)OCCCCCC(=O)OC(CCCCCC)CCCCCCCC. The summed E-state index contributed by atoms with van der Waals surface area (Å²) < 4.78 is 33.1. The van der Waals surface area contributed by atoms with Crippen molar-refractivity contribution in [3.05, 3.63) is 0 Å². The Kier molecular flexibility index (Phi) is 43.2. The standard InChI is InChI=1S/C52H97NO11/c1-7-11-15-19-21-27-35-45(33-25-17-13-9-3)62-49(55)37-29-23-31-42-59-48(54)40-39-47(64-52(58)61-44-41-53(5)6)51(57)60-43-32-24-30-38-50(56)63-46(34-26-18-14-10-4)36-28-22-20-16-12-8-2/h45-47H,7-44H2,1-6H3. The largest absolute Gasteiger partial charge is 0.509 e. The lowest BCUT2D eigenvalue weighted by atomic mass is 10.0. The number of esters is 4. The molecule has 64 heavy (non-hydrogen) atoms. The minimum atomic E-state index is -1.34. The van der Waals surface area contributed by atoms with Crippen LogP contribution in [0.15, 0.2) is 0 Å². The van der Waals surface area contributed by atoms with Crippen LogP contribution in [0.2, 0.25) is 0 Å². The van der Waals surface area contributed by atoms with E-state index in [-0.39, 0.29) is 56.8 Å². The monoisotopic (exact) mass is 912 g/mol. The van der Waals surface area contributed by atoms with Crippen molar-refractivity contribution in [2.45, 2.75) is 264 Å². The highest BCUT2D eigenvalue weighted by atomic mass is 16.7. The fourth-order valence-corrected chi connectivity index (χ4v) is 7.47. The molecule has 0 aromatic heterocycles. The van der Waals surface area contributed by atoms with E-state index >= 15 is 0 Å². The number of likely N-dealkylation sites (N-methyl/N-ethyl adjacent to an activating group) is 1. The second-order valence-corrected chi connectivity index (χ2v) is 18.1. The molecule has 0 spiro atoms. The zero-order valence-electron chi connectivity index (χ0n) is 42.0. The maximum atomic E-state index is 13.0. The molecule has 0 aromatic carbocycles. The van der Waals surface area contributed by atoms with E-state index in [1.807, 2.05) is 19.0 Å². The van der Waals surface area contributed by atoms with Gasteiger partial charge in [-0.2, -0.15) is 0 Å². The highest BCUT2D eigenvalue weighted by Gasteiger charge is 2.27. The third-order valence-corrected chi connectivity index (χ3v) is 11.5. The number of unbranched alkanes of at least 4 members (excludes halogenated alkanes) is 20. The maximum Gasteiger partial charge on any atom is 0.509 e. The summed E-state index contributed by atoms with van der Waals surface area (Å²) in [5, 5.41) is 0. The number of ether oxygens (including phenoxy) is 6. The van der Waals surface area contributed by atoms with Gasteiger partial charge in [0.25, 0.3) is 0 Å². The van der Waals surface area contributed by atoms with Gasteiger partial charge < -0.3 is 33.3 Å². The van der Waals surface area contributed by atoms with E-state index in [9.17, 15) is 24.0 Å². The van der Waals surface area contributed by atoms with Crippen molar-refractivity contribution in [1.82, 2.24) is 4.90 Å². The second kappa shape index (κ2) is 45.3. The predicted octanol–water partition coefficient (Wildman–Crippen LogP) is 13.3. The Hall–Kier alpha value is -2.89. The quantitative estimate of drug-likeness (QED) is 0.0326. The van der Waals surface area contributed by atoms with Gasteiger partial charge in [0.05, 0.1) is 13.2 Å². The minimum absolute atomic E-state index is 0.00818. The molecule has 0 saturated heterocycles. The van der Waals surface area contributed by atoms with Crippen LogP contribution in [0.1, 0.15) is 246 Å². The molecule has 0 heterocycles. The summed E-state index contributed by atoms with van der Waals surface area (Å²) in [4.78, 5) is 65.3. The van der Waals surface area contributed by atoms with Crippen LogP contribution in [-0.2, 0) is 47.6 Å². The van der Waals surface area contributed by atoms with Gasteiger partial charge >= 0.3 is 30.0 Å². The van der Waals surface area contributed by atoms with Gasteiger partial charge in [-0.3, -0.25) is 14.4 Å². The lowest BCUT2D eigenvalue weighted by Crippen LogP contribution is -2.31. The molecular weight excluding hydrogens is 815 g/mol. The summed E-state index contributed by atoms with van der Waals surface area (Å²) in [6, 6.07) is 0. The number of hydrogen-bond donors (Lipinski definition) is 0. The molecule has 0 aliphatic carbocycles. The molecule has 0 amide bonds. The van der Waals surface area contributed by atoms with Crippen LogP contribution in [-0.4, -0.2) is 93.7 Å². The van der Waals surface area contributed by atoms with Crippen molar-refractivity contribution in [1.29, 1.82) is 0 Å². The zero-order chi connectivity index (χ0) is 47.3. The van der Waals surface area contributed by atoms with E-state index in [1.165, 1.54) is 96.3 Å². The first-order valence-electron chi connectivity index (χ1n) is 26.2. The molecule has 0 aliphatic heterocycles. The summed E-state index contributed by atoms with van der Waals surface area (Å²) in [6.45, 7) is 9.65. The Morgan fingerprint density at radius 3 is 1.20 bits per heavy atom. The number of nitrogens with zero attached hydrogens (tertiary/aromatic N) is 1. The molecule has 3 atom stereocenters. The molecule has 12 heteroatoms. The van der Waals surface area contributed by atoms with Crippen LogP contribution in [0.5, 0.6) is 0 Å². The van der Waals surface area contributed by atoms with Crippen LogP contribution in [0, 0.1) is 0 Å². The van der Waals surface area contributed by atoms with Gasteiger partial charge in [-0.25, -0.2) is 9.59 Å². The topological polar surface area (TPSA) is 144 Å². The lowest BCUT2D eigenvalue weighted by molar-refractivity contribution is -0.157. The van der Waals surface area contributed by atoms with Crippen LogP contribution in [0.25, 0.3) is 0 Å². The lowest BCUT2D eigenvalue weighted by Gasteiger charge is -2.18. The van der Waals surface area contributed by atoms with Gasteiger partial charge in [-0.05, 0) is 104 Å². The van der Waals surface area contributed by atoms with Crippen molar-refractivity contribution in [3.63, 3.8) is 0 Å². The number of carbonyl (C=O) groups excluding carboxylic acids is 5. The first kappa shape index (κ1) is 61.1. The molecular formula is C52H97NO11. The van der Waals surface area contributed by atoms with Gasteiger partial charge in [0.15, 0.2) is 0 Å². The third kappa shape index (κ3) is 40.6. The Morgan fingerprint density at radius 2 is 0.766 bits per heavy atom. The van der Waals surface area contributed by atoms with E-state index in [4.69, 9.17) is 28.4 Å². The van der Waals surface area contributed by atoms with Crippen LogP contribution in [0.3, 0.4) is 0 Å². The fraction of sp³-hybridized carbons (Fsp3) is 0.904. The normalized spacial score (nSPS) is 12.7. The smallest absolute Gasteiger partial charge is 0.466 e. The van der Waals surface area contributed by atoms with Crippen LogP contribution >= 0.6 is 0 Å². The van der Waals surface area contributed by atoms with Crippen molar-refractivity contribution in [3.8, 4) is 0 Å². The highest BCUT2D eigenvalue weighted by Crippen LogP contribution is 2.20. The first-order chi connectivity index (χ1) is 31.1. The maximum absolute atomic E-state index is 13.0. The van der Waals surface area contributed by atoms with Gasteiger partial charge in [0.1, 0.15) is 18.8 Å². The molecule has 3 unspecified atom stereocenters. The first-order valence-corrected chi connectivity index (χ1v) is 26.2. The molecule has 12 nitrogen and oxygen atoms in total. The van der Waals surface area contributed by atoms with Crippen molar-refractivity contribution in [2.24, 2.45) is 0 Å². The van der Waals surface area contributed by atoms with E-state index < -0.39 is 24.2 Å². The van der Waals surface area contributed by atoms with Crippen molar-refractivity contribution in [2.75, 3.05) is 40.5 Å². The summed E-state index contributed by atoms with van der Waals surface area (Å²) in [5.41, 5.74) is 0. The molecule has 0 rings (SSSR count). The fourth-order valence-electron chi connectivity index (χ4n) is 7.47. The Bertz CT molecular complexity index is 1130. The average Bonchev–Trinajstić information content (AvgIpc) is 3.26. The molecule has 0 aliphatic rings. The minimum Gasteiger partial charge on any atom is -0.466 e. The predicted molar refractivity (Wildman–Crippen MR) is 256 cm³/mol. The number of hydrogen-bond acceptors (Lipinski definition) is 12. The van der Waals surface area contributed by atoms with E-state index in [1.54, 1.807) is 0 Å². The molecule has 0 N–H and O–H groups in total. The van der Waals surface area contributed by atoms with Gasteiger partial charge in [-0.1, -0.05) is 130 Å². The molecule has 0 radical (unpaired) electrons. The van der Waals surface area contributed by atoms with Crippen LogP contribution in [0.4, 0.5) is 4.79 Å². The van der Waals surface area contributed by atoms with E-state index in [0.717, 1.165) is 57.8 Å².